The highest BCUT2D eigenvalue weighted by Gasteiger charge is 2.13. The first-order valence-electron chi connectivity index (χ1n) is 8.47. The molecule has 0 saturated heterocycles. The highest BCUT2D eigenvalue weighted by atomic mass is 35.5. The number of rotatable bonds is 7. The summed E-state index contributed by atoms with van der Waals surface area (Å²) in [5, 5.41) is 7.28. The minimum Gasteiger partial charge on any atom is -0.452 e. The molecule has 144 valence electrons. The maximum atomic E-state index is 13.1. The van der Waals surface area contributed by atoms with Gasteiger partial charge in [-0.1, -0.05) is 18.5 Å². The van der Waals surface area contributed by atoms with Gasteiger partial charge in [0.2, 0.25) is 0 Å². The molecule has 0 unspecified atom stereocenters. The van der Waals surface area contributed by atoms with Crippen molar-refractivity contribution in [2.24, 2.45) is 0 Å². The van der Waals surface area contributed by atoms with E-state index in [2.05, 4.69) is 10.4 Å². The van der Waals surface area contributed by atoms with Crippen molar-refractivity contribution < 1.29 is 18.7 Å². The van der Waals surface area contributed by atoms with Gasteiger partial charge in [-0.2, -0.15) is 5.10 Å². The zero-order valence-corrected chi connectivity index (χ0v) is 16.1. The van der Waals surface area contributed by atoms with Crippen LogP contribution in [0.3, 0.4) is 0 Å². The third kappa shape index (κ3) is 5.65. The molecule has 0 fully saturated rings. The van der Waals surface area contributed by atoms with Crippen molar-refractivity contribution in [3.8, 4) is 5.69 Å². The number of hydrogen-bond acceptors (Lipinski definition) is 4. The number of carbonyl (C=O) groups is 2. The fraction of sp³-hybridized carbons (Fsp3) is 0.316. The Balaban J connectivity index is 2.03. The predicted molar refractivity (Wildman–Crippen MR) is 101 cm³/mol. The van der Waals surface area contributed by atoms with E-state index in [-0.39, 0.29) is 29.5 Å². The largest absolute Gasteiger partial charge is 0.452 e. The summed E-state index contributed by atoms with van der Waals surface area (Å²) in [5.74, 6) is -1.39. The molecular formula is C19H21ClFN3O3. The average molecular weight is 394 g/mol. The number of nitrogens with one attached hydrogen (secondary N) is 1. The van der Waals surface area contributed by atoms with Crippen molar-refractivity contribution in [1.29, 1.82) is 0 Å². The molecule has 1 atom stereocenters. The molecule has 0 spiro atoms. The molecule has 27 heavy (non-hydrogen) atoms. The zero-order valence-electron chi connectivity index (χ0n) is 15.3. The molecule has 1 amide bonds. The van der Waals surface area contributed by atoms with Gasteiger partial charge in [-0.3, -0.25) is 4.79 Å². The Labute approximate surface area is 162 Å². The molecule has 2 rings (SSSR count). The summed E-state index contributed by atoms with van der Waals surface area (Å²) >= 11 is 6.33. The number of halogens is 2. The molecule has 0 bridgehead atoms. The Morgan fingerprint density at radius 3 is 2.67 bits per heavy atom. The van der Waals surface area contributed by atoms with E-state index in [1.165, 1.54) is 29.0 Å². The summed E-state index contributed by atoms with van der Waals surface area (Å²) < 4.78 is 19.4. The minimum atomic E-state index is -0.667. The third-order valence-corrected chi connectivity index (χ3v) is 4.23. The van der Waals surface area contributed by atoms with Crippen LogP contribution in [0.1, 0.15) is 31.5 Å². The van der Waals surface area contributed by atoms with Crippen LogP contribution in [-0.2, 0) is 14.3 Å². The van der Waals surface area contributed by atoms with Crippen molar-refractivity contribution in [2.75, 3.05) is 6.61 Å². The number of aryl methyl sites for hydroxylation is 1. The topological polar surface area (TPSA) is 73.2 Å². The Morgan fingerprint density at radius 1 is 1.37 bits per heavy atom. The standard InChI is InChI=1S/C19H21ClFN3O3/c1-4-12(2)22-17(25)11-27-18(26)10-9-16-13(3)23-24(19(16)20)15-7-5-14(21)6-8-15/h5-10,12H,4,11H2,1-3H3,(H,22,25)/b10-9+/t12-/m0/s1. The molecule has 0 radical (unpaired) electrons. The van der Waals surface area contributed by atoms with Crippen LogP contribution < -0.4 is 5.32 Å². The lowest BCUT2D eigenvalue weighted by molar-refractivity contribution is -0.144. The lowest BCUT2D eigenvalue weighted by atomic mass is 10.2. The van der Waals surface area contributed by atoms with E-state index >= 15 is 0 Å². The molecule has 0 aliphatic rings. The maximum Gasteiger partial charge on any atom is 0.331 e. The van der Waals surface area contributed by atoms with Gasteiger partial charge in [0.25, 0.3) is 5.91 Å². The highest BCUT2D eigenvalue weighted by molar-refractivity contribution is 6.31. The van der Waals surface area contributed by atoms with Gasteiger partial charge in [-0.15, -0.1) is 0 Å². The molecule has 0 saturated carbocycles. The molecule has 8 heteroatoms. The van der Waals surface area contributed by atoms with Gasteiger partial charge in [-0.05, 0) is 50.6 Å². The second-order valence-corrected chi connectivity index (χ2v) is 6.35. The van der Waals surface area contributed by atoms with Crippen molar-refractivity contribution in [1.82, 2.24) is 15.1 Å². The number of hydrogen-bond donors (Lipinski definition) is 1. The molecular weight excluding hydrogens is 373 g/mol. The van der Waals surface area contributed by atoms with Crippen LogP contribution in [0, 0.1) is 12.7 Å². The van der Waals surface area contributed by atoms with Crippen LogP contribution in [0.15, 0.2) is 30.3 Å². The second-order valence-electron chi connectivity index (χ2n) is 6.00. The average Bonchev–Trinajstić information content (AvgIpc) is 2.92. The van der Waals surface area contributed by atoms with E-state index in [1.54, 1.807) is 19.1 Å². The maximum absolute atomic E-state index is 13.1. The van der Waals surface area contributed by atoms with Gasteiger partial charge in [0.05, 0.1) is 11.4 Å². The number of aromatic nitrogens is 2. The molecule has 1 heterocycles. The first-order valence-corrected chi connectivity index (χ1v) is 8.84. The van der Waals surface area contributed by atoms with Gasteiger partial charge in [0, 0.05) is 17.7 Å². The summed E-state index contributed by atoms with van der Waals surface area (Å²) in [6.45, 7) is 5.19. The lowest BCUT2D eigenvalue weighted by Crippen LogP contribution is -2.35. The molecule has 0 aliphatic carbocycles. The van der Waals surface area contributed by atoms with Crippen LogP contribution in [0.4, 0.5) is 4.39 Å². The smallest absolute Gasteiger partial charge is 0.331 e. The van der Waals surface area contributed by atoms with Crippen LogP contribution in [0.5, 0.6) is 0 Å². The van der Waals surface area contributed by atoms with Gasteiger partial charge in [0.15, 0.2) is 6.61 Å². The van der Waals surface area contributed by atoms with Crippen LogP contribution in [-0.4, -0.2) is 34.3 Å². The zero-order chi connectivity index (χ0) is 20.0. The van der Waals surface area contributed by atoms with E-state index in [1.807, 2.05) is 13.8 Å². The molecule has 1 aromatic carbocycles. The van der Waals surface area contributed by atoms with Crippen LogP contribution in [0.25, 0.3) is 11.8 Å². The van der Waals surface area contributed by atoms with E-state index in [0.717, 1.165) is 6.42 Å². The van der Waals surface area contributed by atoms with Crippen molar-refractivity contribution in [2.45, 2.75) is 33.2 Å². The first kappa shape index (κ1) is 20.6. The molecule has 1 N–H and O–H groups in total. The number of nitrogens with zero attached hydrogens (tertiary/aromatic N) is 2. The Hall–Kier alpha value is -2.67. The monoisotopic (exact) mass is 393 g/mol. The SMILES string of the molecule is CC[C@H](C)NC(=O)COC(=O)/C=C/c1c(C)nn(-c2ccc(F)cc2)c1Cl. The molecule has 0 aliphatic heterocycles. The van der Waals surface area contributed by atoms with Gasteiger partial charge >= 0.3 is 5.97 Å². The Kier molecular flexibility index (Phi) is 7.12. The van der Waals surface area contributed by atoms with Crippen molar-refractivity contribution in [3.63, 3.8) is 0 Å². The van der Waals surface area contributed by atoms with E-state index < -0.39 is 5.97 Å². The molecule has 1 aromatic heterocycles. The number of carbonyl (C=O) groups excluding carboxylic acids is 2. The van der Waals surface area contributed by atoms with Crippen LogP contribution in [0.2, 0.25) is 5.15 Å². The molecule has 2 aromatic rings. The van der Waals surface area contributed by atoms with Crippen LogP contribution >= 0.6 is 11.6 Å². The number of ether oxygens (including phenoxy) is 1. The number of esters is 1. The summed E-state index contributed by atoms with van der Waals surface area (Å²) in [6.07, 6.45) is 3.44. The van der Waals surface area contributed by atoms with Crippen molar-refractivity contribution >= 4 is 29.6 Å². The third-order valence-electron chi connectivity index (χ3n) is 3.87. The van der Waals surface area contributed by atoms with E-state index in [4.69, 9.17) is 16.3 Å². The molecule has 6 nitrogen and oxygen atoms in total. The fourth-order valence-corrected chi connectivity index (χ4v) is 2.54. The lowest BCUT2D eigenvalue weighted by Gasteiger charge is -2.10. The van der Waals surface area contributed by atoms with E-state index in [0.29, 0.717) is 16.9 Å². The summed E-state index contributed by atoms with van der Waals surface area (Å²) in [6, 6.07) is 5.72. The Bertz CT molecular complexity index is 847. The van der Waals surface area contributed by atoms with Crippen molar-refractivity contribution in [3.05, 3.63) is 52.6 Å². The first-order chi connectivity index (χ1) is 12.8. The Morgan fingerprint density at radius 2 is 2.04 bits per heavy atom. The highest BCUT2D eigenvalue weighted by Crippen LogP contribution is 2.24. The van der Waals surface area contributed by atoms with Gasteiger partial charge in [0.1, 0.15) is 11.0 Å². The fourth-order valence-electron chi connectivity index (χ4n) is 2.21. The minimum absolute atomic E-state index is 0.0190. The summed E-state index contributed by atoms with van der Waals surface area (Å²) in [5.41, 5.74) is 1.71. The quantitative estimate of drug-likeness (QED) is 0.577. The van der Waals surface area contributed by atoms with Gasteiger partial charge in [-0.25, -0.2) is 13.9 Å². The number of amides is 1. The van der Waals surface area contributed by atoms with E-state index in [9.17, 15) is 14.0 Å². The second kappa shape index (κ2) is 9.32. The summed E-state index contributed by atoms with van der Waals surface area (Å²) in [7, 11) is 0. The normalized spacial score (nSPS) is 12.2. The predicted octanol–water partition coefficient (Wildman–Crippen LogP) is 3.44. The van der Waals surface area contributed by atoms with Gasteiger partial charge < -0.3 is 10.1 Å². The number of benzene rings is 1. The summed E-state index contributed by atoms with van der Waals surface area (Å²) in [4.78, 5) is 23.4.